The number of nitrogens with zero attached hydrogens (tertiary/aromatic N) is 1. The van der Waals surface area contributed by atoms with Gasteiger partial charge < -0.3 is 14.5 Å². The van der Waals surface area contributed by atoms with E-state index in [4.69, 9.17) is 9.15 Å². The number of aromatic nitrogens is 1. The number of anilines is 2. The number of hydrogen-bond acceptors (Lipinski definition) is 8. The van der Waals surface area contributed by atoms with Gasteiger partial charge in [0.05, 0.1) is 28.6 Å². The molecule has 180 valence electrons. The number of benzene rings is 3. The summed E-state index contributed by atoms with van der Waals surface area (Å²) in [6.45, 7) is 1.60. The van der Waals surface area contributed by atoms with E-state index in [-0.39, 0.29) is 33.9 Å². The minimum absolute atomic E-state index is 0.0940. The normalized spacial score (nSPS) is 12.2. The zero-order valence-corrected chi connectivity index (χ0v) is 19.8. The highest BCUT2D eigenvalue weighted by atomic mass is 32.2. The van der Waals surface area contributed by atoms with Gasteiger partial charge in [0.2, 0.25) is 0 Å². The van der Waals surface area contributed by atoms with Crippen molar-refractivity contribution in [1.29, 1.82) is 0 Å². The number of fused-ring (bicyclic) bond motifs is 1. The van der Waals surface area contributed by atoms with Crippen LogP contribution in [0.1, 0.15) is 11.1 Å². The Morgan fingerprint density at radius 3 is 2.34 bits per heavy atom. The lowest BCUT2D eigenvalue weighted by Crippen LogP contribution is -2.33. The lowest BCUT2D eigenvalue weighted by atomic mass is 10.1. The number of nitrogens with one attached hydrogen (secondary N) is 2. The summed E-state index contributed by atoms with van der Waals surface area (Å²) >= 11 is 0. The molecule has 1 unspecified atom stereocenters. The molecule has 0 saturated heterocycles. The molecule has 0 saturated carbocycles. The van der Waals surface area contributed by atoms with Crippen LogP contribution < -0.4 is 15.7 Å². The molecule has 9 nitrogen and oxygen atoms in total. The van der Waals surface area contributed by atoms with Gasteiger partial charge in [-0.2, -0.15) is 4.98 Å². The molecule has 1 aromatic heterocycles. The Balaban J connectivity index is 1.65. The Hall–Kier alpha value is -4.18. The number of carbonyl (C=O) groups is 1. The van der Waals surface area contributed by atoms with Crippen molar-refractivity contribution in [2.45, 2.75) is 24.3 Å². The zero-order chi connectivity index (χ0) is 25.0. The molecule has 0 amide bonds. The maximum atomic E-state index is 12.8. The van der Waals surface area contributed by atoms with E-state index in [1.54, 1.807) is 25.1 Å². The third-order valence-corrected chi connectivity index (χ3v) is 6.80. The summed E-state index contributed by atoms with van der Waals surface area (Å²) in [6.07, 6.45) is 0.288. The lowest BCUT2D eigenvalue weighted by molar-refractivity contribution is -0.141. The largest absolute Gasteiger partial charge is 0.467 e. The number of hydrogen-bond donors (Lipinski definition) is 2. The highest BCUT2D eigenvalue weighted by Gasteiger charge is 2.23. The Morgan fingerprint density at radius 1 is 1.03 bits per heavy atom. The molecule has 0 radical (unpaired) electrons. The van der Waals surface area contributed by atoms with E-state index in [1.165, 1.54) is 31.4 Å². The van der Waals surface area contributed by atoms with E-state index in [0.29, 0.717) is 5.56 Å². The summed E-state index contributed by atoms with van der Waals surface area (Å²) in [5, 5.41) is 2.97. The predicted octanol–water partition coefficient (Wildman–Crippen LogP) is 3.49. The predicted molar refractivity (Wildman–Crippen MR) is 132 cm³/mol. The van der Waals surface area contributed by atoms with E-state index in [1.807, 2.05) is 30.3 Å². The van der Waals surface area contributed by atoms with Gasteiger partial charge in [0.1, 0.15) is 6.04 Å². The van der Waals surface area contributed by atoms with Crippen molar-refractivity contribution < 1.29 is 22.4 Å². The third-order valence-electron chi connectivity index (χ3n) is 5.42. The number of carbonyl (C=O) groups excluding carboxylic acids is 1. The molecular weight excluding hydrogens is 470 g/mol. The lowest BCUT2D eigenvalue weighted by Gasteiger charge is -2.16. The van der Waals surface area contributed by atoms with Crippen LogP contribution in [-0.2, 0) is 26.0 Å². The van der Waals surface area contributed by atoms with Gasteiger partial charge >= 0.3 is 11.6 Å². The van der Waals surface area contributed by atoms with Gasteiger partial charge in [-0.05, 0) is 42.3 Å². The van der Waals surface area contributed by atoms with E-state index in [9.17, 15) is 18.0 Å². The molecule has 4 aromatic rings. The van der Waals surface area contributed by atoms with Crippen molar-refractivity contribution in [2.75, 3.05) is 17.1 Å². The molecule has 0 aliphatic carbocycles. The van der Waals surface area contributed by atoms with Crippen LogP contribution in [0.4, 0.5) is 11.7 Å². The Kier molecular flexibility index (Phi) is 6.83. The Morgan fingerprint density at radius 2 is 1.69 bits per heavy atom. The summed E-state index contributed by atoms with van der Waals surface area (Å²) in [6, 6.07) is 19.2. The first-order valence-corrected chi connectivity index (χ1v) is 12.2. The summed E-state index contributed by atoms with van der Waals surface area (Å²) in [7, 11) is -2.58. The van der Waals surface area contributed by atoms with E-state index >= 15 is 0 Å². The maximum absolute atomic E-state index is 12.8. The molecule has 35 heavy (non-hydrogen) atoms. The fourth-order valence-electron chi connectivity index (χ4n) is 3.63. The molecule has 1 atom stereocenters. The molecule has 3 aromatic carbocycles. The minimum Gasteiger partial charge on any atom is -0.467 e. The van der Waals surface area contributed by atoms with Crippen molar-refractivity contribution in [3.8, 4) is 0 Å². The van der Waals surface area contributed by atoms with Gasteiger partial charge in [0, 0.05) is 6.42 Å². The smallest absolute Gasteiger partial charge is 0.348 e. The first kappa shape index (κ1) is 24.0. The second-order valence-electron chi connectivity index (χ2n) is 7.77. The first-order valence-electron chi connectivity index (χ1n) is 10.7. The molecule has 10 heteroatoms. The molecular formula is C25H23N3O6S. The SMILES string of the molecule is COC(=O)C(Cc1ccccc1)Nc1nc2ccc(NS(=O)(=O)c3ccccc3)c(C)c2c(=O)o1. The number of esters is 1. The average molecular weight is 494 g/mol. The quantitative estimate of drug-likeness (QED) is 0.357. The van der Waals surface area contributed by atoms with Crippen molar-refractivity contribution in [1.82, 2.24) is 4.98 Å². The highest BCUT2D eigenvalue weighted by Crippen LogP contribution is 2.26. The fraction of sp³-hybridized carbons (Fsp3) is 0.160. The van der Waals surface area contributed by atoms with Crippen LogP contribution in [0.15, 0.2) is 86.9 Å². The molecule has 0 aliphatic rings. The minimum atomic E-state index is -3.85. The zero-order valence-electron chi connectivity index (χ0n) is 19.0. The van der Waals surface area contributed by atoms with Gasteiger partial charge in [-0.1, -0.05) is 48.5 Å². The molecule has 0 aliphatic heterocycles. The topological polar surface area (TPSA) is 128 Å². The van der Waals surface area contributed by atoms with Crippen LogP contribution in [-0.4, -0.2) is 32.5 Å². The third kappa shape index (κ3) is 5.33. The number of ether oxygens (including phenoxy) is 1. The summed E-state index contributed by atoms with van der Waals surface area (Å²) in [5.74, 6) is -0.541. The number of methoxy groups -OCH3 is 1. The maximum Gasteiger partial charge on any atom is 0.348 e. The Labute approximate surface area is 201 Å². The van der Waals surface area contributed by atoms with Gasteiger partial charge in [0.25, 0.3) is 16.0 Å². The summed E-state index contributed by atoms with van der Waals surface area (Å²) < 4.78 is 38.1. The summed E-state index contributed by atoms with van der Waals surface area (Å²) in [5.41, 5.74) is 1.03. The van der Waals surface area contributed by atoms with Crippen molar-refractivity contribution in [3.05, 3.63) is 94.3 Å². The Bertz CT molecular complexity index is 1520. The van der Waals surface area contributed by atoms with Gasteiger partial charge in [-0.25, -0.2) is 18.0 Å². The molecule has 0 bridgehead atoms. The molecule has 1 heterocycles. The second-order valence-corrected chi connectivity index (χ2v) is 9.45. The van der Waals surface area contributed by atoms with Gasteiger partial charge in [0.15, 0.2) is 0 Å². The monoisotopic (exact) mass is 493 g/mol. The van der Waals surface area contributed by atoms with E-state index < -0.39 is 27.7 Å². The number of aryl methyl sites for hydroxylation is 1. The second kappa shape index (κ2) is 9.98. The van der Waals surface area contributed by atoms with Crippen LogP contribution in [0, 0.1) is 6.92 Å². The molecule has 0 spiro atoms. The molecule has 2 N–H and O–H groups in total. The highest BCUT2D eigenvalue weighted by molar-refractivity contribution is 7.92. The standard InChI is InChI=1S/C25H23N3O6S/c1-16-19(28-35(31,32)18-11-7-4-8-12-18)13-14-20-22(16)24(30)34-25(26-20)27-21(23(29)33-2)15-17-9-5-3-6-10-17/h3-14,21,28H,15H2,1-2H3,(H,26,27). The van der Waals surface area contributed by atoms with Crippen molar-refractivity contribution >= 4 is 38.6 Å². The van der Waals surface area contributed by atoms with Crippen LogP contribution >= 0.6 is 0 Å². The van der Waals surface area contributed by atoms with E-state index in [2.05, 4.69) is 15.0 Å². The number of sulfonamides is 1. The fourth-order valence-corrected chi connectivity index (χ4v) is 4.77. The van der Waals surface area contributed by atoms with Crippen LogP contribution in [0.3, 0.4) is 0 Å². The van der Waals surface area contributed by atoms with Gasteiger partial charge in [-0.3, -0.25) is 4.72 Å². The van der Waals surface area contributed by atoms with Crippen LogP contribution in [0.2, 0.25) is 0 Å². The van der Waals surface area contributed by atoms with Gasteiger partial charge in [-0.15, -0.1) is 0 Å². The van der Waals surface area contributed by atoms with Crippen molar-refractivity contribution in [2.24, 2.45) is 0 Å². The first-order chi connectivity index (χ1) is 16.8. The average Bonchev–Trinajstić information content (AvgIpc) is 2.86. The van der Waals surface area contributed by atoms with E-state index in [0.717, 1.165) is 5.56 Å². The molecule has 0 fully saturated rings. The summed E-state index contributed by atoms with van der Waals surface area (Å²) in [4.78, 5) is 29.6. The van der Waals surface area contributed by atoms with Crippen molar-refractivity contribution in [3.63, 3.8) is 0 Å². The van der Waals surface area contributed by atoms with Crippen LogP contribution in [0.5, 0.6) is 0 Å². The molecule has 4 rings (SSSR count). The number of rotatable bonds is 8. The van der Waals surface area contributed by atoms with Crippen LogP contribution in [0.25, 0.3) is 10.9 Å².